The lowest BCUT2D eigenvalue weighted by Crippen LogP contribution is -2.37. The maximum Gasteiger partial charge on any atom is 0.228 e. The monoisotopic (exact) mass is 388 g/mol. The molecule has 6 heteroatoms. The fourth-order valence-corrected chi connectivity index (χ4v) is 4.35. The number of nitrogens with zero attached hydrogens (tertiary/aromatic N) is 2. The highest BCUT2D eigenvalue weighted by molar-refractivity contribution is 5.84. The van der Waals surface area contributed by atoms with Gasteiger partial charge in [-0.15, -0.1) is 0 Å². The molecule has 6 nitrogen and oxygen atoms in total. The average molecular weight is 389 g/mol. The second-order valence-electron chi connectivity index (χ2n) is 8.25. The molecule has 2 fully saturated rings. The van der Waals surface area contributed by atoms with Crippen LogP contribution < -0.4 is 9.47 Å². The predicted octanol–water partition coefficient (Wildman–Crippen LogP) is 2.91. The summed E-state index contributed by atoms with van der Waals surface area (Å²) >= 11 is 0. The number of likely N-dealkylation sites (tertiary alicyclic amines) is 2. The van der Waals surface area contributed by atoms with Crippen molar-refractivity contribution in [3.05, 3.63) is 23.8 Å². The molecule has 3 rings (SSSR count). The normalized spacial score (nSPS) is 22.0. The van der Waals surface area contributed by atoms with Gasteiger partial charge in [-0.05, 0) is 37.0 Å². The zero-order valence-corrected chi connectivity index (χ0v) is 17.4. The molecule has 2 heterocycles. The minimum atomic E-state index is -0.241. The van der Waals surface area contributed by atoms with E-state index in [0.717, 1.165) is 43.0 Å². The van der Waals surface area contributed by atoms with Crippen LogP contribution in [-0.2, 0) is 9.59 Å². The number of rotatable bonds is 6. The van der Waals surface area contributed by atoms with Crippen LogP contribution in [-0.4, -0.2) is 62.0 Å². The first kappa shape index (κ1) is 20.5. The van der Waals surface area contributed by atoms with Gasteiger partial charge in [0.2, 0.25) is 11.8 Å². The van der Waals surface area contributed by atoms with Crippen LogP contribution in [0.2, 0.25) is 0 Å². The van der Waals surface area contributed by atoms with Crippen LogP contribution in [0.15, 0.2) is 18.2 Å². The van der Waals surface area contributed by atoms with E-state index in [1.54, 1.807) is 14.2 Å². The first-order valence-corrected chi connectivity index (χ1v) is 10.2. The molecule has 2 saturated heterocycles. The number of carbonyl (C=O) groups is 2. The molecule has 2 atom stereocenters. The van der Waals surface area contributed by atoms with Gasteiger partial charge in [-0.1, -0.05) is 13.8 Å². The molecule has 2 amide bonds. The minimum Gasteiger partial charge on any atom is -0.497 e. The summed E-state index contributed by atoms with van der Waals surface area (Å²) in [6, 6.07) is 5.69. The highest BCUT2D eigenvalue weighted by Crippen LogP contribution is 2.40. The molecule has 0 bridgehead atoms. The predicted molar refractivity (Wildman–Crippen MR) is 108 cm³/mol. The van der Waals surface area contributed by atoms with Crippen molar-refractivity contribution in [2.45, 2.75) is 39.0 Å². The SMILES string of the molecule is COc1ccc(OC)c(C2CN(C(=O)CC(C)C)CC2C(=O)N2CCCC2)c1. The molecule has 28 heavy (non-hydrogen) atoms. The Hall–Kier alpha value is -2.24. The molecule has 0 saturated carbocycles. The summed E-state index contributed by atoms with van der Waals surface area (Å²) in [6.45, 7) is 6.74. The number of carbonyl (C=O) groups excluding carboxylic acids is 2. The standard InChI is InChI=1S/C22H32N2O4/c1-15(2)11-21(25)24-13-18(17-12-16(27-3)7-8-20(17)28-4)19(14-24)22(26)23-9-5-6-10-23/h7-8,12,15,18-19H,5-6,9-11,13-14H2,1-4H3. The van der Waals surface area contributed by atoms with E-state index in [1.807, 2.05) is 41.8 Å². The molecule has 0 N–H and O–H groups in total. The summed E-state index contributed by atoms with van der Waals surface area (Å²) in [5, 5.41) is 0. The van der Waals surface area contributed by atoms with E-state index in [1.165, 1.54) is 0 Å². The van der Waals surface area contributed by atoms with Crippen molar-refractivity contribution in [2.75, 3.05) is 40.4 Å². The van der Waals surface area contributed by atoms with Crippen LogP contribution in [0.4, 0.5) is 0 Å². The zero-order chi connectivity index (χ0) is 20.3. The van der Waals surface area contributed by atoms with E-state index in [2.05, 4.69) is 0 Å². The van der Waals surface area contributed by atoms with E-state index < -0.39 is 0 Å². The van der Waals surface area contributed by atoms with Crippen LogP contribution in [0, 0.1) is 11.8 Å². The first-order chi connectivity index (χ1) is 13.4. The van der Waals surface area contributed by atoms with Gasteiger partial charge in [-0.2, -0.15) is 0 Å². The summed E-state index contributed by atoms with van der Waals surface area (Å²) in [5.74, 6) is 1.72. The summed E-state index contributed by atoms with van der Waals surface area (Å²) in [4.78, 5) is 29.9. The molecule has 2 unspecified atom stereocenters. The summed E-state index contributed by atoms with van der Waals surface area (Å²) in [5.41, 5.74) is 0.944. The summed E-state index contributed by atoms with van der Waals surface area (Å²) in [7, 11) is 3.27. The van der Waals surface area contributed by atoms with Crippen molar-refractivity contribution in [1.82, 2.24) is 9.80 Å². The Morgan fingerprint density at radius 3 is 2.39 bits per heavy atom. The largest absolute Gasteiger partial charge is 0.497 e. The minimum absolute atomic E-state index is 0.0886. The maximum atomic E-state index is 13.3. The number of amides is 2. The zero-order valence-electron chi connectivity index (χ0n) is 17.4. The van der Waals surface area contributed by atoms with Gasteiger partial charge >= 0.3 is 0 Å². The molecule has 0 aromatic heterocycles. The van der Waals surface area contributed by atoms with Crippen molar-refractivity contribution in [2.24, 2.45) is 11.8 Å². The average Bonchev–Trinajstić information content (AvgIpc) is 3.36. The van der Waals surface area contributed by atoms with Crippen molar-refractivity contribution < 1.29 is 19.1 Å². The Kier molecular flexibility index (Phi) is 6.47. The molecule has 2 aliphatic rings. The first-order valence-electron chi connectivity index (χ1n) is 10.2. The Morgan fingerprint density at radius 1 is 1.07 bits per heavy atom. The van der Waals surface area contributed by atoms with E-state index in [0.29, 0.717) is 25.4 Å². The van der Waals surface area contributed by atoms with Gasteiger partial charge in [0.15, 0.2) is 0 Å². The molecular formula is C22H32N2O4. The summed E-state index contributed by atoms with van der Waals surface area (Å²) < 4.78 is 11.0. The lowest BCUT2D eigenvalue weighted by molar-refractivity contribution is -0.135. The maximum absolute atomic E-state index is 13.3. The third kappa shape index (κ3) is 4.26. The number of benzene rings is 1. The van der Waals surface area contributed by atoms with Crippen molar-refractivity contribution in [1.29, 1.82) is 0 Å². The molecular weight excluding hydrogens is 356 g/mol. The van der Waals surface area contributed by atoms with Gasteiger partial charge in [-0.25, -0.2) is 0 Å². The number of hydrogen-bond donors (Lipinski definition) is 0. The van der Waals surface area contributed by atoms with Gasteiger partial charge in [0.05, 0.1) is 20.1 Å². The van der Waals surface area contributed by atoms with Crippen LogP contribution in [0.3, 0.4) is 0 Å². The van der Waals surface area contributed by atoms with E-state index in [9.17, 15) is 9.59 Å². The van der Waals surface area contributed by atoms with E-state index in [4.69, 9.17) is 9.47 Å². The second kappa shape index (κ2) is 8.84. The Morgan fingerprint density at radius 2 is 1.79 bits per heavy atom. The molecule has 2 aliphatic heterocycles. The number of hydrogen-bond acceptors (Lipinski definition) is 4. The highest BCUT2D eigenvalue weighted by atomic mass is 16.5. The Balaban J connectivity index is 1.92. The topological polar surface area (TPSA) is 59.1 Å². The lowest BCUT2D eigenvalue weighted by Gasteiger charge is -2.25. The smallest absolute Gasteiger partial charge is 0.228 e. The number of methoxy groups -OCH3 is 2. The molecule has 0 aliphatic carbocycles. The van der Waals surface area contributed by atoms with Gasteiger partial charge in [-0.3, -0.25) is 9.59 Å². The van der Waals surface area contributed by atoms with Gasteiger partial charge in [0.25, 0.3) is 0 Å². The van der Waals surface area contributed by atoms with Crippen molar-refractivity contribution >= 4 is 11.8 Å². The Bertz CT molecular complexity index is 712. The Labute approximate surface area is 167 Å². The fourth-order valence-electron chi connectivity index (χ4n) is 4.35. The van der Waals surface area contributed by atoms with Crippen molar-refractivity contribution in [3.8, 4) is 11.5 Å². The molecule has 1 aromatic rings. The van der Waals surface area contributed by atoms with Gasteiger partial charge in [0, 0.05) is 44.1 Å². The van der Waals surface area contributed by atoms with Crippen LogP contribution in [0.25, 0.3) is 0 Å². The highest BCUT2D eigenvalue weighted by Gasteiger charge is 2.43. The lowest BCUT2D eigenvalue weighted by atomic mass is 9.87. The third-order valence-electron chi connectivity index (χ3n) is 5.83. The molecule has 154 valence electrons. The quantitative estimate of drug-likeness (QED) is 0.752. The van der Waals surface area contributed by atoms with Gasteiger partial charge in [0.1, 0.15) is 11.5 Å². The molecule has 0 spiro atoms. The van der Waals surface area contributed by atoms with E-state index >= 15 is 0 Å². The van der Waals surface area contributed by atoms with Crippen LogP contribution >= 0.6 is 0 Å². The van der Waals surface area contributed by atoms with Crippen LogP contribution in [0.5, 0.6) is 11.5 Å². The third-order valence-corrected chi connectivity index (χ3v) is 5.83. The number of ether oxygens (including phenoxy) is 2. The van der Waals surface area contributed by atoms with Crippen LogP contribution in [0.1, 0.15) is 44.6 Å². The summed E-state index contributed by atoms with van der Waals surface area (Å²) in [6.07, 6.45) is 2.62. The second-order valence-corrected chi connectivity index (χ2v) is 8.25. The van der Waals surface area contributed by atoms with Crippen molar-refractivity contribution in [3.63, 3.8) is 0 Å². The van der Waals surface area contributed by atoms with Gasteiger partial charge < -0.3 is 19.3 Å². The molecule has 1 aromatic carbocycles. The fraction of sp³-hybridized carbons (Fsp3) is 0.636. The molecule has 0 radical (unpaired) electrons. The van der Waals surface area contributed by atoms with E-state index in [-0.39, 0.29) is 23.7 Å².